The van der Waals surface area contributed by atoms with Crippen LogP contribution < -0.4 is 5.73 Å². The molecule has 4 N–H and O–H groups in total. The number of ether oxygens (including phenoxy) is 2. The first kappa shape index (κ1) is 52.4. The molecule has 3 atom stereocenters. The van der Waals surface area contributed by atoms with Crippen molar-refractivity contribution in [1.29, 1.82) is 0 Å². The number of hydrogen-bond acceptors (Lipinski definition) is 8. The van der Waals surface area contributed by atoms with Crippen LogP contribution in [0.25, 0.3) is 0 Å². The molecule has 0 aromatic rings. The van der Waals surface area contributed by atoms with Gasteiger partial charge in [0.1, 0.15) is 12.1 Å². The van der Waals surface area contributed by atoms with Gasteiger partial charge in [-0.25, -0.2) is 4.57 Å². The van der Waals surface area contributed by atoms with E-state index in [0.717, 1.165) is 44.9 Å². The summed E-state index contributed by atoms with van der Waals surface area (Å²) < 4.78 is 33.2. The molecule has 0 heterocycles. The van der Waals surface area contributed by atoms with E-state index >= 15 is 0 Å². The molecule has 0 aliphatic rings. The lowest BCUT2D eigenvalue weighted by molar-refractivity contribution is -0.153. The summed E-state index contributed by atoms with van der Waals surface area (Å²) in [5.74, 6) is -1.92. The number of esters is 1. The predicted octanol–water partition coefficient (Wildman–Crippen LogP) is 11.4. The second kappa shape index (κ2) is 39.6. The third-order valence-corrected chi connectivity index (χ3v) is 9.45. The van der Waals surface area contributed by atoms with E-state index in [1.165, 1.54) is 83.5 Å². The number of carboxylic acids is 1. The highest BCUT2D eigenvalue weighted by Gasteiger charge is 2.27. The molecule has 0 aliphatic carbocycles. The lowest BCUT2D eigenvalue weighted by atomic mass is 10.1. The lowest BCUT2D eigenvalue weighted by Crippen LogP contribution is -2.34. The lowest BCUT2D eigenvalue weighted by Gasteiger charge is -2.20. The molecule has 0 aliphatic heterocycles. The molecule has 0 amide bonds. The molecule has 0 saturated carbocycles. The van der Waals surface area contributed by atoms with Crippen LogP contribution in [0.2, 0.25) is 0 Å². The van der Waals surface area contributed by atoms with Crippen LogP contribution in [0.3, 0.4) is 0 Å². The first-order chi connectivity index (χ1) is 26.7. The van der Waals surface area contributed by atoms with Crippen LogP contribution in [-0.4, -0.2) is 60.5 Å². The third-order valence-electron chi connectivity index (χ3n) is 8.50. The summed E-state index contributed by atoms with van der Waals surface area (Å²) in [6.07, 6.45) is 48.4. The highest BCUT2D eigenvalue weighted by atomic mass is 31.2. The minimum atomic E-state index is -4.64. The van der Waals surface area contributed by atoms with Crippen LogP contribution in [0.4, 0.5) is 0 Å². The molecule has 11 heteroatoms. The Balaban J connectivity index is 4.38. The number of carbonyl (C=O) groups excluding carboxylic acids is 1. The van der Waals surface area contributed by atoms with Crippen LogP contribution in [0, 0.1) is 0 Å². The van der Waals surface area contributed by atoms with Crippen LogP contribution in [0.15, 0.2) is 72.9 Å². The van der Waals surface area contributed by atoms with Crippen molar-refractivity contribution < 1.29 is 42.7 Å². The Morgan fingerprint density at radius 2 is 1.05 bits per heavy atom. The molecule has 0 aromatic carbocycles. The summed E-state index contributed by atoms with van der Waals surface area (Å²) in [7, 11) is -4.64. The fourth-order valence-corrected chi connectivity index (χ4v) is 6.04. The number of nitrogens with two attached hydrogens (primary N) is 1. The third kappa shape index (κ3) is 39.4. The van der Waals surface area contributed by atoms with E-state index in [0.29, 0.717) is 13.0 Å². The minimum absolute atomic E-state index is 0.0146. The summed E-state index contributed by atoms with van der Waals surface area (Å²) >= 11 is 0. The summed E-state index contributed by atoms with van der Waals surface area (Å²) in [6.45, 7) is 3.62. The number of carbonyl (C=O) groups is 2. The van der Waals surface area contributed by atoms with E-state index in [2.05, 4.69) is 73.1 Å². The van der Waals surface area contributed by atoms with Gasteiger partial charge in [0.05, 0.1) is 26.2 Å². The average Bonchev–Trinajstić information content (AvgIpc) is 3.16. The van der Waals surface area contributed by atoms with Crippen molar-refractivity contribution in [1.82, 2.24) is 0 Å². The van der Waals surface area contributed by atoms with Crippen molar-refractivity contribution >= 4 is 19.8 Å². The van der Waals surface area contributed by atoms with Crippen LogP contribution in [0.5, 0.6) is 0 Å². The van der Waals surface area contributed by atoms with Crippen molar-refractivity contribution in [2.24, 2.45) is 5.73 Å². The van der Waals surface area contributed by atoms with Gasteiger partial charge in [0.2, 0.25) is 0 Å². The monoisotopic (exact) mass is 794 g/mol. The topological polar surface area (TPSA) is 155 Å². The molecule has 0 saturated heterocycles. The molecule has 0 radical (unpaired) electrons. The van der Waals surface area contributed by atoms with Crippen molar-refractivity contribution in [2.45, 2.75) is 167 Å². The zero-order valence-electron chi connectivity index (χ0n) is 34.2. The quantitative estimate of drug-likeness (QED) is 0.0237. The maximum atomic E-state index is 12.5. The van der Waals surface area contributed by atoms with E-state index in [-0.39, 0.29) is 13.0 Å². The second-order valence-corrected chi connectivity index (χ2v) is 15.2. The number of unbranched alkanes of at least 4 members (excludes halogenated alkanes) is 14. The number of phosphoric ester groups is 1. The van der Waals surface area contributed by atoms with Gasteiger partial charge in [-0.05, 0) is 64.2 Å². The maximum Gasteiger partial charge on any atom is 0.472 e. The summed E-state index contributed by atoms with van der Waals surface area (Å²) in [5.41, 5.74) is 5.34. The molecule has 0 spiro atoms. The van der Waals surface area contributed by atoms with Gasteiger partial charge in [-0.2, -0.15) is 0 Å². The Kier molecular flexibility index (Phi) is 37.8. The maximum absolute atomic E-state index is 12.5. The zero-order valence-corrected chi connectivity index (χ0v) is 35.1. The van der Waals surface area contributed by atoms with Gasteiger partial charge in [-0.1, -0.05) is 157 Å². The number of aliphatic carboxylic acids is 1. The number of hydrogen-bond donors (Lipinski definition) is 3. The molecule has 55 heavy (non-hydrogen) atoms. The van der Waals surface area contributed by atoms with Crippen LogP contribution in [-0.2, 0) is 32.7 Å². The number of allylic oxidation sites excluding steroid dienone is 11. The van der Waals surface area contributed by atoms with E-state index in [9.17, 15) is 19.0 Å². The SMILES string of the molecule is CC/C=C\C/C=C\C/C=C\C/C=C\C/C=C\CC(=O)OC(COCCCCCCCCCC/C=C\CCCCCCCC)COP(=O)(O)OCC(N)C(=O)O. The largest absolute Gasteiger partial charge is 0.480 e. The first-order valence-electron chi connectivity index (χ1n) is 21.0. The highest BCUT2D eigenvalue weighted by molar-refractivity contribution is 7.47. The molecule has 10 nitrogen and oxygen atoms in total. The smallest absolute Gasteiger partial charge is 0.472 e. The van der Waals surface area contributed by atoms with Gasteiger partial charge >= 0.3 is 19.8 Å². The average molecular weight is 794 g/mol. The van der Waals surface area contributed by atoms with E-state index in [1.54, 1.807) is 6.08 Å². The van der Waals surface area contributed by atoms with Crippen molar-refractivity contribution in [3.05, 3.63) is 72.9 Å². The summed E-state index contributed by atoms with van der Waals surface area (Å²) in [5, 5.41) is 8.88. The molecule has 3 unspecified atom stereocenters. The van der Waals surface area contributed by atoms with Gasteiger partial charge in [0.15, 0.2) is 0 Å². The van der Waals surface area contributed by atoms with Crippen molar-refractivity contribution in [3.63, 3.8) is 0 Å². The Labute approximate surface area is 334 Å². The molecule has 316 valence electrons. The fraction of sp³-hybridized carbons (Fsp3) is 0.682. The molecular weight excluding hydrogens is 717 g/mol. The second-order valence-electron chi connectivity index (χ2n) is 13.7. The Morgan fingerprint density at radius 1 is 0.600 bits per heavy atom. The standard InChI is InChI=1S/C44H76NO9P/c1-3-5-7-9-11-13-15-17-19-20-21-23-25-27-29-31-33-35-37-51-38-41(39-52-55(49,50)53-40-42(45)44(47)48)54-43(46)36-34-32-30-28-26-24-22-18-16-14-12-10-8-6-4-2/h6,8,12,14,17-19,22,26,28,32,34,41-42H,3-5,7,9-11,13,15-16,20-21,23-25,27,29-31,33,35-40,45H2,1-2H3,(H,47,48)(H,49,50)/b8-6-,14-12-,19-17-,22-18-,28-26-,34-32-. The molecule has 0 fully saturated rings. The number of phosphoric acid groups is 1. The minimum Gasteiger partial charge on any atom is -0.480 e. The van der Waals surface area contributed by atoms with Crippen molar-refractivity contribution in [2.75, 3.05) is 26.4 Å². The molecular formula is C44H76NO9P. The van der Waals surface area contributed by atoms with Gasteiger partial charge in [-0.3, -0.25) is 18.6 Å². The van der Waals surface area contributed by atoms with Crippen LogP contribution >= 0.6 is 7.82 Å². The Hall–Kier alpha value is -2.59. The number of rotatable bonds is 39. The fourth-order valence-electron chi connectivity index (χ4n) is 5.26. The van der Waals surface area contributed by atoms with E-state index < -0.39 is 45.1 Å². The van der Waals surface area contributed by atoms with Crippen molar-refractivity contribution in [3.8, 4) is 0 Å². The van der Waals surface area contributed by atoms with Gasteiger partial charge in [-0.15, -0.1) is 0 Å². The summed E-state index contributed by atoms with van der Waals surface area (Å²) in [4.78, 5) is 33.4. The molecule has 0 bridgehead atoms. The van der Waals surface area contributed by atoms with Gasteiger partial charge in [0.25, 0.3) is 0 Å². The number of carboxylic acid groups (broad SMARTS) is 1. The normalized spacial score (nSPS) is 14.7. The molecule has 0 aromatic heterocycles. The zero-order chi connectivity index (χ0) is 40.5. The van der Waals surface area contributed by atoms with Gasteiger partial charge < -0.3 is 25.2 Å². The first-order valence-corrected chi connectivity index (χ1v) is 22.5. The predicted molar refractivity (Wildman–Crippen MR) is 226 cm³/mol. The van der Waals surface area contributed by atoms with Gasteiger partial charge in [0, 0.05) is 6.61 Å². The van der Waals surface area contributed by atoms with Crippen LogP contribution in [0.1, 0.15) is 155 Å². The molecule has 0 rings (SSSR count). The Morgan fingerprint density at radius 3 is 1.56 bits per heavy atom. The van der Waals surface area contributed by atoms with E-state index in [4.69, 9.17) is 24.8 Å². The highest BCUT2D eigenvalue weighted by Crippen LogP contribution is 2.43. The van der Waals surface area contributed by atoms with E-state index in [1.807, 2.05) is 12.2 Å². The Bertz CT molecular complexity index is 1150. The summed E-state index contributed by atoms with van der Waals surface area (Å²) in [6, 6.07) is -1.49.